The Labute approximate surface area is 143 Å². The first kappa shape index (κ1) is 17.2. The predicted octanol–water partition coefficient (Wildman–Crippen LogP) is 5.67. The van der Waals surface area contributed by atoms with E-state index in [1.807, 2.05) is 0 Å². The van der Waals surface area contributed by atoms with Gasteiger partial charge in [0.25, 0.3) is 0 Å². The molecule has 3 rings (SSSR count). The summed E-state index contributed by atoms with van der Waals surface area (Å²) in [5.41, 5.74) is 7.31. The van der Waals surface area contributed by atoms with Crippen molar-refractivity contribution >= 4 is 8.32 Å². The van der Waals surface area contributed by atoms with Gasteiger partial charge in [-0.2, -0.15) is 0 Å². The second-order valence-corrected chi connectivity index (χ2v) is 13.7. The molecule has 0 saturated carbocycles. The number of aryl methyl sites for hydroxylation is 1. The summed E-state index contributed by atoms with van der Waals surface area (Å²) in [6.45, 7) is 13.9. The second kappa shape index (κ2) is 6.00. The largest absolute Gasteiger partial charge is 0.408 e. The van der Waals surface area contributed by atoms with Crippen LogP contribution in [0.2, 0.25) is 18.1 Å². The number of nitrogens with zero attached hydrogens (tertiary/aromatic N) is 1. The monoisotopic (exact) mass is 331 g/mol. The minimum atomic E-state index is -1.75. The zero-order valence-corrected chi connectivity index (χ0v) is 16.9. The van der Waals surface area contributed by atoms with Crippen LogP contribution in [-0.2, 0) is 23.7 Å². The number of hydrogen-bond acceptors (Lipinski definition) is 2. The molecule has 3 heteroatoms. The van der Waals surface area contributed by atoms with E-state index in [1.165, 1.54) is 49.9 Å². The predicted molar refractivity (Wildman–Crippen MR) is 99.6 cm³/mol. The van der Waals surface area contributed by atoms with Crippen molar-refractivity contribution in [3.63, 3.8) is 0 Å². The molecule has 0 fully saturated rings. The molecule has 1 aromatic heterocycles. The lowest BCUT2D eigenvalue weighted by Gasteiger charge is -2.41. The average Bonchev–Trinajstić information content (AvgIpc) is 2.47. The zero-order valence-electron chi connectivity index (χ0n) is 15.9. The van der Waals surface area contributed by atoms with E-state index in [2.05, 4.69) is 40.8 Å². The van der Waals surface area contributed by atoms with Crippen molar-refractivity contribution in [1.82, 2.24) is 4.98 Å². The molecule has 2 aliphatic carbocycles. The van der Waals surface area contributed by atoms with Gasteiger partial charge in [-0.15, -0.1) is 0 Å². The number of rotatable bonds is 2. The van der Waals surface area contributed by atoms with Crippen LogP contribution < -0.4 is 0 Å². The molecule has 0 amide bonds. The Kier molecular flexibility index (Phi) is 4.48. The van der Waals surface area contributed by atoms with Gasteiger partial charge >= 0.3 is 0 Å². The molecule has 0 spiro atoms. The third-order valence-corrected chi connectivity index (χ3v) is 10.8. The highest BCUT2D eigenvalue weighted by molar-refractivity contribution is 6.74. The van der Waals surface area contributed by atoms with Gasteiger partial charge in [0.15, 0.2) is 8.32 Å². The van der Waals surface area contributed by atoms with E-state index >= 15 is 0 Å². The third kappa shape index (κ3) is 3.15. The van der Waals surface area contributed by atoms with E-state index < -0.39 is 8.32 Å². The molecule has 128 valence electrons. The molecule has 23 heavy (non-hydrogen) atoms. The minimum absolute atomic E-state index is 0.227. The van der Waals surface area contributed by atoms with Gasteiger partial charge in [0.2, 0.25) is 0 Å². The smallest absolute Gasteiger partial charge is 0.192 e. The Bertz CT molecular complexity index is 601. The number of hydrogen-bond donors (Lipinski definition) is 0. The van der Waals surface area contributed by atoms with Crippen molar-refractivity contribution in [2.75, 3.05) is 0 Å². The summed E-state index contributed by atoms with van der Waals surface area (Å²) in [4.78, 5) is 5.07. The molecule has 0 N–H and O–H groups in total. The van der Waals surface area contributed by atoms with Gasteiger partial charge in [0.05, 0.1) is 11.8 Å². The number of fused-ring (bicyclic) bond motifs is 3. The quantitative estimate of drug-likeness (QED) is 0.652. The molecule has 2 nitrogen and oxygen atoms in total. The van der Waals surface area contributed by atoms with Crippen LogP contribution in [0.1, 0.15) is 80.6 Å². The van der Waals surface area contributed by atoms with Crippen molar-refractivity contribution in [3.05, 3.63) is 28.1 Å². The van der Waals surface area contributed by atoms with Gasteiger partial charge in [-0.05, 0) is 86.7 Å². The van der Waals surface area contributed by atoms with Crippen LogP contribution in [0.3, 0.4) is 0 Å². The van der Waals surface area contributed by atoms with E-state index in [0.717, 1.165) is 6.42 Å². The fourth-order valence-corrected chi connectivity index (χ4v) is 5.20. The Hall–Kier alpha value is -0.673. The molecule has 2 aliphatic rings. The summed E-state index contributed by atoms with van der Waals surface area (Å²) in [5.74, 6) is 0. The van der Waals surface area contributed by atoms with Crippen molar-refractivity contribution in [3.8, 4) is 0 Å². The lowest BCUT2D eigenvalue weighted by Crippen LogP contribution is -2.42. The van der Waals surface area contributed by atoms with Crippen LogP contribution in [-0.4, -0.2) is 13.3 Å². The van der Waals surface area contributed by atoms with Crippen molar-refractivity contribution in [1.29, 1.82) is 0 Å². The molecule has 0 saturated heterocycles. The summed E-state index contributed by atoms with van der Waals surface area (Å²) < 4.78 is 6.79. The summed E-state index contributed by atoms with van der Waals surface area (Å²) in [7, 11) is -1.75. The molecular formula is C20H33NOSi. The van der Waals surface area contributed by atoms with Gasteiger partial charge in [0, 0.05) is 5.69 Å². The van der Waals surface area contributed by atoms with E-state index in [1.54, 1.807) is 16.7 Å². The van der Waals surface area contributed by atoms with Crippen molar-refractivity contribution in [2.24, 2.45) is 0 Å². The van der Waals surface area contributed by atoms with Crippen molar-refractivity contribution in [2.45, 2.75) is 96.9 Å². The highest BCUT2D eigenvalue weighted by Gasteiger charge is 2.41. The second-order valence-electron chi connectivity index (χ2n) is 8.98. The molecule has 0 aromatic carbocycles. The molecule has 0 aliphatic heterocycles. The van der Waals surface area contributed by atoms with Gasteiger partial charge < -0.3 is 4.43 Å². The number of aromatic nitrogens is 1. The first-order valence-corrected chi connectivity index (χ1v) is 12.3. The maximum atomic E-state index is 6.79. The summed E-state index contributed by atoms with van der Waals surface area (Å²) in [5, 5.41) is 0.258. The topological polar surface area (TPSA) is 22.1 Å². The van der Waals surface area contributed by atoms with Crippen LogP contribution in [0, 0.1) is 6.92 Å². The summed E-state index contributed by atoms with van der Waals surface area (Å²) in [6, 6.07) is 0. The fourth-order valence-electron chi connectivity index (χ4n) is 3.90. The molecule has 1 aromatic rings. The molecular weight excluding hydrogens is 298 g/mol. The highest BCUT2D eigenvalue weighted by Crippen LogP contribution is 2.44. The molecule has 0 radical (unpaired) electrons. The van der Waals surface area contributed by atoms with Crippen LogP contribution >= 0.6 is 0 Å². The third-order valence-electron chi connectivity index (χ3n) is 6.31. The standard InChI is InChI=1S/C20H33NOSi/c1-14-15-10-7-8-11-16(15)17-12-9-13-18(19(17)21-14)22-23(5,6)20(2,3)4/h18H,7-13H2,1-6H3. The Morgan fingerprint density at radius 1 is 0.957 bits per heavy atom. The van der Waals surface area contributed by atoms with Crippen LogP contribution in [0.15, 0.2) is 0 Å². The fraction of sp³-hybridized carbons (Fsp3) is 0.750. The van der Waals surface area contributed by atoms with Crippen LogP contribution in [0.5, 0.6) is 0 Å². The Morgan fingerprint density at radius 2 is 1.57 bits per heavy atom. The lowest BCUT2D eigenvalue weighted by atomic mass is 9.82. The first-order valence-electron chi connectivity index (χ1n) is 9.39. The van der Waals surface area contributed by atoms with E-state index in [-0.39, 0.29) is 11.1 Å². The van der Waals surface area contributed by atoms with E-state index in [0.29, 0.717) is 0 Å². The maximum Gasteiger partial charge on any atom is 0.192 e. The average molecular weight is 332 g/mol. The lowest BCUT2D eigenvalue weighted by molar-refractivity contribution is 0.158. The molecule has 1 heterocycles. The van der Waals surface area contributed by atoms with Gasteiger partial charge in [-0.3, -0.25) is 4.98 Å². The number of pyridine rings is 1. The maximum absolute atomic E-state index is 6.79. The minimum Gasteiger partial charge on any atom is -0.408 e. The van der Waals surface area contributed by atoms with Gasteiger partial charge in [-0.25, -0.2) is 0 Å². The normalized spacial score (nSPS) is 21.7. The van der Waals surface area contributed by atoms with Crippen LogP contribution in [0.4, 0.5) is 0 Å². The Morgan fingerprint density at radius 3 is 2.22 bits per heavy atom. The van der Waals surface area contributed by atoms with E-state index in [4.69, 9.17) is 9.41 Å². The highest BCUT2D eigenvalue weighted by atomic mass is 28.4. The van der Waals surface area contributed by atoms with E-state index in [9.17, 15) is 0 Å². The SMILES string of the molecule is Cc1nc2c(c3c1CCCC3)CCCC2O[Si](C)(C)C(C)(C)C. The van der Waals surface area contributed by atoms with Crippen LogP contribution in [0.25, 0.3) is 0 Å². The summed E-state index contributed by atoms with van der Waals surface area (Å²) in [6.07, 6.45) is 9.00. The van der Waals surface area contributed by atoms with Crippen molar-refractivity contribution < 1.29 is 4.43 Å². The Balaban J connectivity index is 1.98. The molecule has 1 unspecified atom stereocenters. The summed E-state index contributed by atoms with van der Waals surface area (Å²) >= 11 is 0. The molecule has 0 bridgehead atoms. The van der Waals surface area contributed by atoms with Gasteiger partial charge in [-0.1, -0.05) is 20.8 Å². The molecule has 1 atom stereocenters. The first-order chi connectivity index (χ1) is 10.7. The zero-order chi connectivity index (χ0) is 16.8. The van der Waals surface area contributed by atoms with Gasteiger partial charge in [0.1, 0.15) is 0 Å².